The largest absolute Gasteiger partial charge is 0.368 e. The standard InChI is InChI=1S/C11H11N3O3/c12-10(15)6-17-14-11(16)8-2-1-3-9-7(8)4-5-13-9/h1-5,13H,6H2,(H2,12,15)(H,14,16). The number of aromatic amines is 1. The molecule has 1 aromatic carbocycles. The van der Waals surface area contributed by atoms with E-state index >= 15 is 0 Å². The van der Waals surface area contributed by atoms with Gasteiger partial charge in [-0.25, -0.2) is 5.48 Å². The number of fused-ring (bicyclic) bond motifs is 1. The summed E-state index contributed by atoms with van der Waals surface area (Å²) in [6.45, 7) is -0.352. The number of amides is 2. The first-order valence-corrected chi connectivity index (χ1v) is 4.95. The van der Waals surface area contributed by atoms with Gasteiger partial charge in [-0.1, -0.05) is 6.07 Å². The van der Waals surface area contributed by atoms with Crippen molar-refractivity contribution in [2.45, 2.75) is 0 Å². The highest BCUT2D eigenvalue weighted by atomic mass is 16.7. The van der Waals surface area contributed by atoms with E-state index in [4.69, 9.17) is 5.73 Å². The van der Waals surface area contributed by atoms with E-state index in [1.807, 2.05) is 6.07 Å². The van der Waals surface area contributed by atoms with Gasteiger partial charge < -0.3 is 10.7 Å². The Labute approximate surface area is 96.7 Å². The molecule has 6 nitrogen and oxygen atoms in total. The first-order valence-electron chi connectivity index (χ1n) is 4.95. The third kappa shape index (κ3) is 2.43. The van der Waals surface area contributed by atoms with E-state index < -0.39 is 11.8 Å². The Morgan fingerprint density at radius 3 is 2.94 bits per heavy atom. The quantitative estimate of drug-likeness (QED) is 0.663. The van der Waals surface area contributed by atoms with Crippen LogP contribution >= 0.6 is 0 Å². The topological polar surface area (TPSA) is 97.2 Å². The van der Waals surface area contributed by atoms with Gasteiger partial charge in [0.25, 0.3) is 5.91 Å². The molecule has 2 rings (SSSR count). The average molecular weight is 233 g/mol. The van der Waals surface area contributed by atoms with Crippen LogP contribution in [0.5, 0.6) is 0 Å². The van der Waals surface area contributed by atoms with Gasteiger partial charge in [0.2, 0.25) is 5.91 Å². The van der Waals surface area contributed by atoms with E-state index in [2.05, 4.69) is 15.3 Å². The van der Waals surface area contributed by atoms with Gasteiger partial charge in [-0.15, -0.1) is 0 Å². The first-order chi connectivity index (χ1) is 8.18. The Morgan fingerprint density at radius 1 is 1.35 bits per heavy atom. The minimum Gasteiger partial charge on any atom is -0.368 e. The predicted octanol–water partition coefficient (Wildman–Crippen LogP) is 0.315. The van der Waals surface area contributed by atoms with Gasteiger partial charge in [-0.3, -0.25) is 14.4 Å². The maximum absolute atomic E-state index is 11.7. The third-order valence-corrected chi connectivity index (χ3v) is 2.22. The van der Waals surface area contributed by atoms with E-state index in [9.17, 15) is 9.59 Å². The molecule has 0 bridgehead atoms. The summed E-state index contributed by atoms with van der Waals surface area (Å²) in [7, 11) is 0. The van der Waals surface area contributed by atoms with Gasteiger partial charge in [-0.2, -0.15) is 0 Å². The molecule has 17 heavy (non-hydrogen) atoms. The van der Waals surface area contributed by atoms with Crippen LogP contribution in [0.2, 0.25) is 0 Å². The minimum atomic E-state index is -0.648. The SMILES string of the molecule is NC(=O)CONC(=O)c1cccc2[nH]ccc12. The van der Waals surface area contributed by atoms with Crippen molar-refractivity contribution in [2.75, 3.05) is 6.61 Å². The van der Waals surface area contributed by atoms with Gasteiger partial charge in [0.15, 0.2) is 6.61 Å². The molecule has 88 valence electrons. The molecule has 0 aliphatic rings. The van der Waals surface area contributed by atoms with Crippen molar-refractivity contribution in [1.82, 2.24) is 10.5 Å². The van der Waals surface area contributed by atoms with E-state index in [0.29, 0.717) is 5.56 Å². The summed E-state index contributed by atoms with van der Waals surface area (Å²) in [5.41, 5.74) is 8.35. The van der Waals surface area contributed by atoms with Crippen molar-refractivity contribution in [3.8, 4) is 0 Å². The number of nitrogens with two attached hydrogens (primary N) is 1. The van der Waals surface area contributed by atoms with Crippen LogP contribution in [0.25, 0.3) is 10.9 Å². The Morgan fingerprint density at radius 2 is 2.18 bits per heavy atom. The van der Waals surface area contributed by atoms with Gasteiger partial charge in [0.1, 0.15) is 0 Å². The molecule has 0 fully saturated rings. The summed E-state index contributed by atoms with van der Waals surface area (Å²) >= 11 is 0. The Balaban J connectivity index is 2.13. The summed E-state index contributed by atoms with van der Waals surface area (Å²) < 4.78 is 0. The summed E-state index contributed by atoms with van der Waals surface area (Å²) in [5, 5.41) is 0.785. The maximum atomic E-state index is 11.7. The van der Waals surface area contributed by atoms with E-state index in [-0.39, 0.29) is 6.61 Å². The molecular formula is C11H11N3O3. The predicted molar refractivity (Wildman–Crippen MR) is 60.9 cm³/mol. The molecule has 4 N–H and O–H groups in total. The lowest BCUT2D eigenvalue weighted by atomic mass is 10.1. The lowest BCUT2D eigenvalue weighted by Crippen LogP contribution is -2.29. The van der Waals surface area contributed by atoms with Crippen LogP contribution < -0.4 is 11.2 Å². The van der Waals surface area contributed by atoms with Crippen molar-refractivity contribution in [1.29, 1.82) is 0 Å². The summed E-state index contributed by atoms with van der Waals surface area (Å²) in [4.78, 5) is 29.8. The molecule has 0 atom stereocenters. The molecule has 0 aliphatic carbocycles. The molecule has 0 saturated heterocycles. The number of carbonyl (C=O) groups is 2. The number of hydrogen-bond donors (Lipinski definition) is 3. The fourth-order valence-corrected chi connectivity index (χ4v) is 1.51. The summed E-state index contributed by atoms with van der Waals surface area (Å²) in [6.07, 6.45) is 1.74. The maximum Gasteiger partial charge on any atom is 0.275 e. The fraction of sp³-hybridized carbons (Fsp3) is 0.0909. The number of nitrogens with one attached hydrogen (secondary N) is 2. The first kappa shape index (κ1) is 11.2. The Kier molecular flexibility index (Phi) is 3.06. The molecule has 1 aromatic heterocycles. The van der Waals surface area contributed by atoms with Crippen LogP contribution in [0.15, 0.2) is 30.5 Å². The van der Waals surface area contributed by atoms with E-state index in [1.165, 1.54) is 0 Å². The molecule has 0 aliphatic heterocycles. The zero-order valence-electron chi connectivity index (χ0n) is 8.90. The monoisotopic (exact) mass is 233 g/mol. The fourth-order valence-electron chi connectivity index (χ4n) is 1.51. The molecule has 6 heteroatoms. The normalized spacial score (nSPS) is 10.4. The van der Waals surface area contributed by atoms with Crippen LogP contribution in [0, 0.1) is 0 Å². The second-order valence-electron chi connectivity index (χ2n) is 3.43. The van der Waals surface area contributed by atoms with Gasteiger partial charge in [0.05, 0.1) is 5.56 Å². The minimum absolute atomic E-state index is 0.352. The summed E-state index contributed by atoms with van der Waals surface area (Å²) in [5.74, 6) is -1.07. The molecule has 0 saturated carbocycles. The Bertz CT molecular complexity index is 562. The molecule has 0 radical (unpaired) electrons. The highest BCUT2D eigenvalue weighted by Gasteiger charge is 2.10. The molecule has 2 amide bonds. The molecule has 0 unspecified atom stereocenters. The number of rotatable bonds is 4. The molecule has 2 aromatic rings. The molecule has 1 heterocycles. The molecule has 0 spiro atoms. The number of primary amides is 1. The zero-order chi connectivity index (χ0) is 12.3. The van der Waals surface area contributed by atoms with Crippen LogP contribution in [-0.4, -0.2) is 23.4 Å². The van der Waals surface area contributed by atoms with E-state index in [0.717, 1.165) is 10.9 Å². The van der Waals surface area contributed by atoms with Crippen molar-refractivity contribution in [2.24, 2.45) is 5.73 Å². The number of aromatic nitrogens is 1. The number of hydroxylamine groups is 1. The van der Waals surface area contributed by atoms with E-state index in [1.54, 1.807) is 24.4 Å². The number of benzene rings is 1. The number of carbonyl (C=O) groups excluding carboxylic acids is 2. The van der Waals surface area contributed by atoms with Gasteiger partial charge in [0, 0.05) is 17.1 Å². The average Bonchev–Trinajstić information content (AvgIpc) is 2.75. The van der Waals surface area contributed by atoms with Crippen molar-refractivity contribution >= 4 is 22.7 Å². The zero-order valence-corrected chi connectivity index (χ0v) is 8.90. The number of H-pyrrole nitrogens is 1. The second-order valence-corrected chi connectivity index (χ2v) is 3.43. The third-order valence-electron chi connectivity index (χ3n) is 2.22. The highest BCUT2D eigenvalue weighted by molar-refractivity contribution is 6.06. The van der Waals surface area contributed by atoms with Crippen molar-refractivity contribution < 1.29 is 14.4 Å². The van der Waals surface area contributed by atoms with Crippen LogP contribution in [-0.2, 0) is 9.63 Å². The smallest absolute Gasteiger partial charge is 0.275 e. The Hall–Kier alpha value is -2.34. The van der Waals surface area contributed by atoms with Crippen molar-refractivity contribution in [3.63, 3.8) is 0 Å². The summed E-state index contributed by atoms with van der Waals surface area (Å²) in [6, 6.07) is 7.07. The lowest BCUT2D eigenvalue weighted by molar-refractivity contribution is -0.124. The van der Waals surface area contributed by atoms with Crippen LogP contribution in [0.3, 0.4) is 0 Å². The highest BCUT2D eigenvalue weighted by Crippen LogP contribution is 2.16. The van der Waals surface area contributed by atoms with Crippen molar-refractivity contribution in [3.05, 3.63) is 36.0 Å². The van der Waals surface area contributed by atoms with Crippen LogP contribution in [0.1, 0.15) is 10.4 Å². The van der Waals surface area contributed by atoms with Gasteiger partial charge in [-0.05, 0) is 18.2 Å². The molecular weight excluding hydrogens is 222 g/mol. The number of hydrogen-bond acceptors (Lipinski definition) is 3. The van der Waals surface area contributed by atoms with Crippen LogP contribution in [0.4, 0.5) is 0 Å². The lowest BCUT2D eigenvalue weighted by Gasteiger charge is -2.05. The second kappa shape index (κ2) is 4.67. The van der Waals surface area contributed by atoms with Gasteiger partial charge >= 0.3 is 0 Å².